The average Bonchev–Trinajstić information content (AvgIpc) is 3.35. The van der Waals surface area contributed by atoms with E-state index in [1.54, 1.807) is 12.1 Å². The van der Waals surface area contributed by atoms with E-state index >= 15 is 0 Å². The summed E-state index contributed by atoms with van der Waals surface area (Å²) >= 11 is 23.6. The van der Waals surface area contributed by atoms with Crippen LogP contribution in [0.25, 0.3) is 55.3 Å². The number of aromatic nitrogens is 7. The lowest BCUT2D eigenvalue weighted by atomic mass is 9.95. The minimum atomic E-state index is -0.419. The highest BCUT2D eigenvalue weighted by Crippen LogP contribution is 2.39. The third kappa shape index (κ3) is 11.7. The maximum atomic E-state index is 11.2. The van der Waals surface area contributed by atoms with Crippen molar-refractivity contribution in [2.75, 3.05) is 34.0 Å². The van der Waals surface area contributed by atoms with Crippen molar-refractivity contribution in [3.63, 3.8) is 0 Å². The molecule has 0 fully saturated rings. The maximum Gasteiger partial charge on any atom is 0.347 e. The summed E-state index contributed by atoms with van der Waals surface area (Å²) in [6, 6.07) is 36.0. The van der Waals surface area contributed by atoms with Gasteiger partial charge >= 0.3 is 5.69 Å². The summed E-state index contributed by atoms with van der Waals surface area (Å²) < 4.78 is 0. The van der Waals surface area contributed by atoms with E-state index < -0.39 is 5.69 Å². The fourth-order valence-corrected chi connectivity index (χ4v) is 8.51. The van der Waals surface area contributed by atoms with Crippen LogP contribution in [0.3, 0.4) is 0 Å². The summed E-state index contributed by atoms with van der Waals surface area (Å²) in [7, 11) is 0. The van der Waals surface area contributed by atoms with E-state index in [4.69, 9.17) is 75.1 Å². The summed E-state index contributed by atoms with van der Waals surface area (Å²) in [6.45, 7) is 6.76. The fourth-order valence-electron chi connectivity index (χ4n) is 7.93. The van der Waals surface area contributed by atoms with E-state index in [0.717, 1.165) is 102 Å². The molecule has 0 aliphatic carbocycles. The zero-order valence-electron chi connectivity index (χ0n) is 38.4. The Morgan fingerprint density at radius 3 is 1.64 bits per heavy atom. The van der Waals surface area contributed by atoms with Crippen molar-refractivity contribution in [2.24, 2.45) is 0 Å². The van der Waals surface area contributed by atoms with Gasteiger partial charge in [-0.2, -0.15) is 9.97 Å². The molecule has 0 bridgehead atoms. The highest BCUT2D eigenvalue weighted by molar-refractivity contribution is 6.31. The smallest absolute Gasteiger partial charge is 0.347 e. The van der Waals surface area contributed by atoms with Gasteiger partial charge in [0, 0.05) is 60.0 Å². The molecule has 4 aromatic heterocycles. The molecule has 0 amide bonds. The number of aryl methyl sites for hydroxylation is 3. The quantitative estimate of drug-likeness (QED) is 0.0819. The molecule has 14 nitrogen and oxygen atoms in total. The number of hydrogen-bond acceptors (Lipinski definition) is 13. The number of nitrogens with zero attached hydrogens (tertiary/aromatic N) is 6. The number of halogens is 4. The average molecular weight is 1010 g/mol. The molecule has 12 N–H and O–H groups in total. The molecule has 10 rings (SSSR count). The van der Waals surface area contributed by atoms with Crippen LogP contribution in [-0.2, 0) is 25.8 Å². The third-order valence-corrected chi connectivity index (χ3v) is 12.2. The van der Waals surface area contributed by atoms with E-state index in [9.17, 15) is 4.79 Å². The minimum absolute atomic E-state index is 0.243. The van der Waals surface area contributed by atoms with E-state index in [1.165, 1.54) is 6.33 Å². The van der Waals surface area contributed by atoms with Crippen LogP contribution < -0.4 is 39.7 Å². The molecule has 9 aromatic rings. The molecule has 1 aliphatic heterocycles. The summed E-state index contributed by atoms with van der Waals surface area (Å²) in [5.74, 6) is 2.76. The van der Waals surface area contributed by atoms with Crippen molar-refractivity contribution < 1.29 is 0 Å². The van der Waals surface area contributed by atoms with Crippen LogP contribution >= 0.6 is 46.4 Å². The Morgan fingerprint density at radius 2 is 1.06 bits per heavy atom. The van der Waals surface area contributed by atoms with Crippen molar-refractivity contribution in [1.82, 2.24) is 34.9 Å². The molecular formula is C52H49Cl4N13O. The molecule has 0 unspecified atom stereocenters. The van der Waals surface area contributed by atoms with Gasteiger partial charge in [0.1, 0.15) is 35.4 Å². The number of fused-ring (bicyclic) bond motifs is 4. The number of benzene rings is 5. The van der Waals surface area contributed by atoms with Crippen LogP contribution in [0.1, 0.15) is 43.4 Å². The zero-order chi connectivity index (χ0) is 50.1. The van der Waals surface area contributed by atoms with E-state index in [0.29, 0.717) is 51.4 Å². The van der Waals surface area contributed by atoms with Gasteiger partial charge in [0.25, 0.3) is 0 Å². The van der Waals surface area contributed by atoms with Crippen molar-refractivity contribution in [3.05, 3.63) is 175 Å². The van der Waals surface area contributed by atoms with Crippen molar-refractivity contribution in [1.29, 1.82) is 0 Å². The fraction of sp³-hybridized carbons (Fsp3) is 0.135. The SMILES string of the molecule is CCc1[nH]c(=O)nc(N)c1-c1ccc(Cl)cc1.CCc1nc(N)nc2c1-c1ccc(Cl)cc1CN2.CCc1ncnc(N)c1-c1ccc(Cl)cc1.Nc1nc(N)c2ccccc2c1-c1ccc(Cl)cc1. The molecule has 5 heterocycles. The third-order valence-electron chi connectivity index (χ3n) is 11.2. The highest BCUT2D eigenvalue weighted by atomic mass is 35.5. The van der Waals surface area contributed by atoms with Crippen LogP contribution in [0, 0.1) is 0 Å². The van der Waals surface area contributed by atoms with Crippen LogP contribution in [0.2, 0.25) is 20.1 Å². The molecule has 70 heavy (non-hydrogen) atoms. The highest BCUT2D eigenvalue weighted by Gasteiger charge is 2.22. The summed E-state index contributed by atoms with van der Waals surface area (Å²) in [5.41, 5.74) is 40.4. The Bertz CT molecular complexity index is 3340. The second-order valence-corrected chi connectivity index (χ2v) is 17.4. The molecule has 18 heteroatoms. The Hall–Kier alpha value is -7.49. The molecular weight excluding hydrogens is 964 g/mol. The largest absolute Gasteiger partial charge is 0.383 e. The van der Waals surface area contributed by atoms with Crippen molar-refractivity contribution >= 4 is 92.2 Å². The first kappa shape index (κ1) is 50.4. The van der Waals surface area contributed by atoms with Crippen LogP contribution in [0.5, 0.6) is 0 Å². The number of rotatable bonds is 6. The van der Waals surface area contributed by atoms with Crippen molar-refractivity contribution in [2.45, 2.75) is 46.6 Å². The van der Waals surface area contributed by atoms with E-state index in [2.05, 4.69) is 47.1 Å². The number of nitrogen functional groups attached to an aromatic ring is 5. The summed E-state index contributed by atoms with van der Waals surface area (Å²) in [6.07, 6.45) is 3.82. The maximum absolute atomic E-state index is 11.2. The predicted octanol–water partition coefficient (Wildman–Crippen LogP) is 11.8. The minimum Gasteiger partial charge on any atom is -0.383 e. The molecule has 0 saturated heterocycles. The Balaban J connectivity index is 0.000000138. The van der Waals surface area contributed by atoms with Gasteiger partial charge in [-0.1, -0.05) is 134 Å². The lowest BCUT2D eigenvalue weighted by Crippen LogP contribution is -2.16. The van der Waals surface area contributed by atoms with E-state index in [-0.39, 0.29) is 5.82 Å². The normalized spacial score (nSPS) is 11.1. The monoisotopic (exact) mass is 1010 g/mol. The lowest BCUT2D eigenvalue weighted by Gasteiger charge is -2.22. The van der Waals surface area contributed by atoms with Crippen molar-refractivity contribution in [3.8, 4) is 44.5 Å². The van der Waals surface area contributed by atoms with Gasteiger partial charge in [0.2, 0.25) is 5.95 Å². The zero-order valence-corrected chi connectivity index (χ0v) is 41.4. The van der Waals surface area contributed by atoms with Gasteiger partial charge in [0.15, 0.2) is 0 Å². The first-order valence-electron chi connectivity index (χ1n) is 22.1. The molecule has 1 aliphatic rings. The second kappa shape index (κ2) is 22.7. The van der Waals surface area contributed by atoms with Gasteiger partial charge in [-0.25, -0.2) is 24.7 Å². The second-order valence-electron chi connectivity index (χ2n) is 15.7. The number of hydrogen-bond donors (Lipinski definition) is 7. The van der Waals surface area contributed by atoms with Gasteiger partial charge in [0.05, 0.1) is 11.4 Å². The topological polar surface area (TPSA) is 252 Å². The first-order valence-corrected chi connectivity index (χ1v) is 23.6. The Labute approximate surface area is 424 Å². The lowest BCUT2D eigenvalue weighted by molar-refractivity contribution is 0.966. The number of aromatic amines is 1. The number of nitrogens with one attached hydrogen (secondary N) is 2. The number of nitrogens with two attached hydrogens (primary N) is 5. The molecule has 0 saturated carbocycles. The molecule has 5 aromatic carbocycles. The van der Waals surface area contributed by atoms with Gasteiger partial charge in [-0.05, 0) is 101 Å². The molecule has 0 spiro atoms. The summed E-state index contributed by atoms with van der Waals surface area (Å²) in [4.78, 5) is 38.7. The number of H-pyrrole nitrogens is 1. The summed E-state index contributed by atoms with van der Waals surface area (Å²) in [5, 5.41) is 7.97. The van der Waals surface area contributed by atoms with Crippen LogP contribution in [0.4, 0.5) is 35.0 Å². The van der Waals surface area contributed by atoms with Crippen LogP contribution in [0.15, 0.2) is 126 Å². The standard InChI is InChI=1S/C15H12ClN3.C13H13ClN4.C12H12ClN3O.C12H12ClN3/c16-10-7-5-9(6-8-10)13-11-3-1-2-4-12(11)14(17)19-15(13)18;1-2-10-11-9-4-3-8(14)5-7(9)6-16-12(11)18-13(15)17-10;1-2-9-10(11(14)16-12(17)15-9)7-3-5-8(13)6-4-7;1-2-10-11(12(14)16-7-15-10)8-3-5-9(13)6-4-8/h1-8H,(H4,17,18,19);3-5H,2,6H2,1H3,(H3,15,16,17,18);3-6H,2H2,1H3,(H3,14,15,16,17);3-7H,2H2,1H3,(H2,14,15,16). The number of pyridine rings is 1. The number of anilines is 6. The van der Waals surface area contributed by atoms with Gasteiger partial charge in [-0.15, -0.1) is 0 Å². The Kier molecular flexibility index (Phi) is 16.4. The molecule has 0 radical (unpaired) electrons. The molecule has 356 valence electrons. The molecule has 0 atom stereocenters. The van der Waals surface area contributed by atoms with Crippen LogP contribution in [-0.4, -0.2) is 34.9 Å². The first-order chi connectivity index (χ1) is 33.7. The Morgan fingerprint density at radius 1 is 0.514 bits per heavy atom. The van der Waals surface area contributed by atoms with E-state index in [1.807, 2.05) is 117 Å². The van der Waals surface area contributed by atoms with Gasteiger partial charge in [-0.3, -0.25) is 0 Å². The van der Waals surface area contributed by atoms with Gasteiger partial charge < -0.3 is 39.0 Å². The predicted molar refractivity (Wildman–Crippen MR) is 290 cm³/mol.